The summed E-state index contributed by atoms with van der Waals surface area (Å²) in [4.78, 5) is 0. The number of aliphatic hydroxyl groups is 1. The van der Waals surface area contributed by atoms with Gasteiger partial charge >= 0.3 is 0 Å². The normalized spacial score (nSPS) is 15.4. The number of hydrogen-bond acceptors (Lipinski definition) is 2. The minimum Gasteiger partial charge on any atom is -0.395 e. The molecule has 2 nitrogen and oxygen atoms in total. The lowest BCUT2D eigenvalue weighted by Crippen LogP contribution is -2.47. The summed E-state index contributed by atoms with van der Waals surface area (Å²) in [6.07, 6.45) is 0.934. The molecule has 0 fully saturated rings. The second kappa shape index (κ2) is 6.55. The predicted octanol–water partition coefficient (Wildman–Crippen LogP) is 3.27. The Morgan fingerprint density at radius 2 is 1.78 bits per heavy atom. The summed E-state index contributed by atoms with van der Waals surface area (Å²) in [5.41, 5.74) is 1.31. The van der Waals surface area contributed by atoms with Gasteiger partial charge in [-0.25, -0.2) is 0 Å². The predicted molar refractivity (Wildman–Crippen MR) is 78.1 cm³/mol. The van der Waals surface area contributed by atoms with Crippen LogP contribution in [0, 0.1) is 5.41 Å². The molecule has 0 aliphatic carbocycles. The van der Waals surface area contributed by atoms with Crippen molar-refractivity contribution in [3.05, 3.63) is 34.9 Å². The Labute approximate surface area is 115 Å². The maximum absolute atomic E-state index is 9.43. The van der Waals surface area contributed by atoms with Gasteiger partial charge in [0.25, 0.3) is 0 Å². The van der Waals surface area contributed by atoms with Crippen LogP contribution in [0.2, 0.25) is 5.02 Å². The van der Waals surface area contributed by atoms with Crippen LogP contribution >= 0.6 is 11.6 Å². The van der Waals surface area contributed by atoms with Crippen molar-refractivity contribution in [1.29, 1.82) is 0 Å². The van der Waals surface area contributed by atoms with Gasteiger partial charge in [0.1, 0.15) is 0 Å². The lowest BCUT2D eigenvalue weighted by molar-refractivity contribution is 0.149. The molecule has 1 unspecified atom stereocenters. The highest BCUT2D eigenvalue weighted by Crippen LogP contribution is 2.20. The number of rotatable bonds is 5. The van der Waals surface area contributed by atoms with E-state index in [1.165, 1.54) is 5.56 Å². The summed E-state index contributed by atoms with van der Waals surface area (Å²) in [7, 11) is 0. The van der Waals surface area contributed by atoms with E-state index >= 15 is 0 Å². The first-order chi connectivity index (χ1) is 8.32. The molecule has 0 radical (unpaired) electrons. The molecule has 1 rings (SSSR count). The molecular formula is C15H24ClNO. The molecule has 0 heterocycles. The zero-order chi connectivity index (χ0) is 13.8. The minimum absolute atomic E-state index is 0.0585. The number of nitrogens with one attached hydrogen (secondary N) is 1. The van der Waals surface area contributed by atoms with E-state index in [4.69, 9.17) is 11.6 Å². The van der Waals surface area contributed by atoms with Crippen LogP contribution in [0.15, 0.2) is 24.3 Å². The van der Waals surface area contributed by atoms with Gasteiger partial charge in [0, 0.05) is 17.1 Å². The van der Waals surface area contributed by atoms with Crippen LogP contribution in [-0.4, -0.2) is 23.8 Å². The summed E-state index contributed by atoms with van der Waals surface area (Å²) < 4.78 is 0. The molecule has 0 saturated heterocycles. The molecule has 0 amide bonds. The molecule has 0 spiro atoms. The molecule has 18 heavy (non-hydrogen) atoms. The Morgan fingerprint density at radius 1 is 1.22 bits per heavy atom. The highest BCUT2D eigenvalue weighted by molar-refractivity contribution is 6.30. The van der Waals surface area contributed by atoms with Crippen molar-refractivity contribution in [2.45, 2.75) is 46.2 Å². The fraction of sp³-hybridized carbons (Fsp3) is 0.600. The first-order valence-electron chi connectivity index (χ1n) is 6.44. The molecular weight excluding hydrogens is 246 g/mol. The third-order valence-corrected chi connectivity index (χ3v) is 3.42. The van der Waals surface area contributed by atoms with E-state index in [0.29, 0.717) is 6.04 Å². The lowest BCUT2D eigenvalue weighted by Gasteiger charge is -2.32. The molecule has 0 aromatic heterocycles. The monoisotopic (exact) mass is 269 g/mol. The van der Waals surface area contributed by atoms with Gasteiger partial charge in [0.2, 0.25) is 0 Å². The molecule has 0 saturated carbocycles. The maximum atomic E-state index is 9.43. The number of aliphatic hydroxyl groups excluding tert-OH is 1. The molecule has 0 aliphatic heterocycles. The molecule has 1 aromatic carbocycles. The smallest absolute Gasteiger partial charge is 0.0589 e. The average molecular weight is 270 g/mol. The standard InChI is InChI=1S/C15H24ClNO/c1-11(17-14(10-18)15(2,3)4)9-12-5-7-13(16)8-6-12/h5-8,11,14,17-18H,9-10H2,1-4H3/t11?,14-/m1/s1. The van der Waals surface area contributed by atoms with Crippen molar-refractivity contribution >= 4 is 11.6 Å². The van der Waals surface area contributed by atoms with Crippen molar-refractivity contribution < 1.29 is 5.11 Å². The average Bonchev–Trinajstić information content (AvgIpc) is 2.27. The van der Waals surface area contributed by atoms with Crippen LogP contribution in [-0.2, 0) is 6.42 Å². The van der Waals surface area contributed by atoms with Gasteiger partial charge in [0.05, 0.1) is 6.61 Å². The van der Waals surface area contributed by atoms with Crippen molar-refractivity contribution in [3.8, 4) is 0 Å². The third-order valence-electron chi connectivity index (χ3n) is 3.17. The van der Waals surface area contributed by atoms with Gasteiger partial charge in [-0.2, -0.15) is 0 Å². The summed E-state index contributed by atoms with van der Waals surface area (Å²) in [5.74, 6) is 0. The first-order valence-corrected chi connectivity index (χ1v) is 6.82. The topological polar surface area (TPSA) is 32.3 Å². The van der Waals surface area contributed by atoms with Crippen molar-refractivity contribution in [1.82, 2.24) is 5.32 Å². The van der Waals surface area contributed by atoms with Crippen LogP contribution in [0.5, 0.6) is 0 Å². The largest absolute Gasteiger partial charge is 0.395 e. The van der Waals surface area contributed by atoms with E-state index in [1.54, 1.807) is 0 Å². The highest BCUT2D eigenvalue weighted by Gasteiger charge is 2.24. The number of benzene rings is 1. The first kappa shape index (κ1) is 15.5. The molecule has 2 atom stereocenters. The zero-order valence-corrected chi connectivity index (χ0v) is 12.5. The molecule has 102 valence electrons. The fourth-order valence-electron chi connectivity index (χ4n) is 1.95. The molecule has 3 heteroatoms. The molecule has 1 aromatic rings. The SMILES string of the molecule is CC(Cc1ccc(Cl)cc1)N[C@H](CO)C(C)(C)C. The second-order valence-corrected chi connectivity index (χ2v) is 6.44. The van der Waals surface area contributed by atoms with Gasteiger partial charge in [-0.05, 0) is 36.5 Å². The summed E-state index contributed by atoms with van der Waals surface area (Å²) in [6, 6.07) is 8.35. The van der Waals surface area contributed by atoms with Crippen molar-refractivity contribution in [2.75, 3.05) is 6.61 Å². The van der Waals surface area contributed by atoms with Crippen LogP contribution < -0.4 is 5.32 Å². The quantitative estimate of drug-likeness (QED) is 0.860. The van der Waals surface area contributed by atoms with Gasteiger partial charge in [-0.15, -0.1) is 0 Å². The van der Waals surface area contributed by atoms with E-state index in [0.717, 1.165) is 11.4 Å². The Kier molecular flexibility index (Phi) is 5.64. The van der Waals surface area contributed by atoms with Gasteiger partial charge in [-0.3, -0.25) is 0 Å². The number of halogens is 1. The molecule has 0 aliphatic rings. The van der Waals surface area contributed by atoms with Crippen LogP contribution in [0.3, 0.4) is 0 Å². The third kappa shape index (κ3) is 4.97. The van der Waals surface area contributed by atoms with E-state index in [-0.39, 0.29) is 18.1 Å². The molecule has 0 bridgehead atoms. The summed E-state index contributed by atoms with van der Waals surface area (Å²) >= 11 is 5.87. The number of hydrogen-bond donors (Lipinski definition) is 2. The van der Waals surface area contributed by atoms with Crippen molar-refractivity contribution in [2.24, 2.45) is 5.41 Å². The Morgan fingerprint density at radius 3 is 2.22 bits per heavy atom. The Balaban J connectivity index is 2.55. The summed E-state index contributed by atoms with van der Waals surface area (Å²) in [6.45, 7) is 8.71. The molecule has 2 N–H and O–H groups in total. The van der Waals surface area contributed by atoms with Gasteiger partial charge < -0.3 is 10.4 Å². The van der Waals surface area contributed by atoms with E-state index in [2.05, 4.69) is 33.0 Å². The van der Waals surface area contributed by atoms with Gasteiger partial charge in [-0.1, -0.05) is 44.5 Å². The minimum atomic E-state index is 0.0585. The van der Waals surface area contributed by atoms with Crippen LogP contribution in [0.1, 0.15) is 33.3 Å². The van der Waals surface area contributed by atoms with Crippen molar-refractivity contribution in [3.63, 3.8) is 0 Å². The Bertz CT molecular complexity index is 356. The highest BCUT2D eigenvalue weighted by atomic mass is 35.5. The van der Waals surface area contributed by atoms with Gasteiger partial charge in [0.15, 0.2) is 0 Å². The van der Waals surface area contributed by atoms with Crippen LogP contribution in [0.4, 0.5) is 0 Å². The van der Waals surface area contributed by atoms with E-state index < -0.39 is 0 Å². The fourth-order valence-corrected chi connectivity index (χ4v) is 2.08. The van der Waals surface area contributed by atoms with Crippen LogP contribution in [0.25, 0.3) is 0 Å². The summed E-state index contributed by atoms with van der Waals surface area (Å²) in [5, 5.41) is 13.7. The Hall–Kier alpha value is -0.570. The second-order valence-electron chi connectivity index (χ2n) is 6.00. The van der Waals surface area contributed by atoms with E-state index in [1.807, 2.05) is 24.3 Å². The zero-order valence-electron chi connectivity index (χ0n) is 11.7. The maximum Gasteiger partial charge on any atom is 0.0589 e. The van der Waals surface area contributed by atoms with E-state index in [9.17, 15) is 5.11 Å². The lowest BCUT2D eigenvalue weighted by atomic mass is 9.86.